The van der Waals surface area contributed by atoms with Gasteiger partial charge in [0.15, 0.2) is 0 Å². The van der Waals surface area contributed by atoms with Crippen molar-refractivity contribution < 1.29 is 0 Å². The van der Waals surface area contributed by atoms with Gasteiger partial charge in [0.1, 0.15) is 0 Å². The maximum absolute atomic E-state index is 3.97. The minimum absolute atomic E-state index is 0.529. The average molecular weight is 277 g/mol. The quantitative estimate of drug-likeness (QED) is 0.852. The van der Waals surface area contributed by atoms with Crippen LogP contribution in [0.5, 0.6) is 0 Å². The number of hydrogen-bond donors (Lipinski definition) is 1. The summed E-state index contributed by atoms with van der Waals surface area (Å²) in [6, 6.07) is 19.1. The summed E-state index contributed by atoms with van der Waals surface area (Å²) < 4.78 is 0. The van der Waals surface area contributed by atoms with Crippen LogP contribution in [0, 0.1) is 12.8 Å². The fourth-order valence-electron chi connectivity index (χ4n) is 3.65. The van der Waals surface area contributed by atoms with Crippen molar-refractivity contribution in [3.05, 3.63) is 70.8 Å². The maximum atomic E-state index is 3.97. The topological polar surface area (TPSA) is 12.0 Å². The minimum Gasteiger partial charge on any atom is -0.303 e. The van der Waals surface area contributed by atoms with Crippen LogP contribution >= 0.6 is 0 Å². The molecule has 1 N–H and O–H groups in total. The molecule has 4 rings (SSSR count). The Hall–Kier alpha value is -1.60. The van der Waals surface area contributed by atoms with Gasteiger partial charge in [0.2, 0.25) is 0 Å². The molecule has 0 saturated heterocycles. The zero-order chi connectivity index (χ0) is 14.2. The molecule has 2 aliphatic rings. The molecule has 2 unspecified atom stereocenters. The van der Waals surface area contributed by atoms with E-state index in [4.69, 9.17) is 0 Å². The summed E-state index contributed by atoms with van der Waals surface area (Å²) in [4.78, 5) is 0. The van der Waals surface area contributed by atoms with Crippen LogP contribution in [0.3, 0.4) is 0 Å². The molecular weight excluding hydrogens is 254 g/mol. The van der Waals surface area contributed by atoms with Gasteiger partial charge in [-0.2, -0.15) is 0 Å². The molecule has 1 nitrogen and oxygen atoms in total. The van der Waals surface area contributed by atoms with Crippen LogP contribution in [0.25, 0.3) is 0 Å². The third-order valence-corrected chi connectivity index (χ3v) is 5.04. The van der Waals surface area contributed by atoms with Crippen molar-refractivity contribution in [2.75, 3.05) is 0 Å². The summed E-state index contributed by atoms with van der Waals surface area (Å²) in [5, 5.41) is 3.97. The molecule has 2 aromatic carbocycles. The molecule has 2 atom stereocenters. The molecule has 0 heterocycles. The van der Waals surface area contributed by atoms with E-state index in [9.17, 15) is 0 Å². The van der Waals surface area contributed by atoms with Crippen LogP contribution in [-0.4, -0.2) is 0 Å². The van der Waals surface area contributed by atoms with Gasteiger partial charge in [-0.3, -0.25) is 0 Å². The van der Waals surface area contributed by atoms with Crippen molar-refractivity contribution in [3.63, 3.8) is 0 Å². The standard InChI is InChI=1S/C20H23N/c1-14-6-8-16(9-7-14)20(17-10-11-17)21-19-13-12-15-4-2-3-5-18(15)19/h2-9,17,19-21H,10-13H2,1H3. The van der Waals surface area contributed by atoms with Crippen molar-refractivity contribution in [2.45, 2.75) is 44.7 Å². The first-order chi connectivity index (χ1) is 10.3. The van der Waals surface area contributed by atoms with Gasteiger partial charge in [0, 0.05) is 12.1 Å². The van der Waals surface area contributed by atoms with Crippen LogP contribution in [0.2, 0.25) is 0 Å². The molecule has 0 radical (unpaired) electrons. The lowest BCUT2D eigenvalue weighted by Gasteiger charge is -2.24. The van der Waals surface area contributed by atoms with Gasteiger partial charge in [-0.25, -0.2) is 0 Å². The maximum Gasteiger partial charge on any atom is 0.0354 e. The van der Waals surface area contributed by atoms with Crippen molar-refractivity contribution in [1.29, 1.82) is 0 Å². The Kier molecular flexibility index (Phi) is 3.31. The van der Waals surface area contributed by atoms with Gasteiger partial charge in [-0.1, -0.05) is 54.1 Å². The lowest BCUT2D eigenvalue weighted by atomic mass is 9.98. The van der Waals surface area contributed by atoms with E-state index >= 15 is 0 Å². The Morgan fingerprint density at radius 3 is 2.48 bits per heavy atom. The summed E-state index contributed by atoms with van der Waals surface area (Å²) in [5.74, 6) is 0.834. The molecule has 1 saturated carbocycles. The van der Waals surface area contributed by atoms with Crippen LogP contribution in [0.15, 0.2) is 48.5 Å². The van der Waals surface area contributed by atoms with Crippen LogP contribution in [-0.2, 0) is 6.42 Å². The largest absolute Gasteiger partial charge is 0.303 e. The fourth-order valence-corrected chi connectivity index (χ4v) is 3.65. The van der Waals surface area contributed by atoms with E-state index in [1.165, 1.54) is 47.9 Å². The zero-order valence-electron chi connectivity index (χ0n) is 12.7. The molecule has 21 heavy (non-hydrogen) atoms. The molecule has 0 aliphatic heterocycles. The SMILES string of the molecule is Cc1ccc(C(NC2CCc3ccccc32)C2CC2)cc1. The Morgan fingerprint density at radius 1 is 0.952 bits per heavy atom. The lowest BCUT2D eigenvalue weighted by Crippen LogP contribution is -2.26. The Balaban J connectivity index is 1.58. The number of aryl methyl sites for hydroxylation is 2. The van der Waals surface area contributed by atoms with Gasteiger partial charge >= 0.3 is 0 Å². The normalized spacial score (nSPS) is 22.0. The average Bonchev–Trinajstić information content (AvgIpc) is 3.27. The molecule has 1 heteroatoms. The fraction of sp³-hybridized carbons (Fsp3) is 0.400. The molecule has 0 spiro atoms. The number of benzene rings is 2. The first kappa shape index (κ1) is 13.1. The molecule has 1 fully saturated rings. The van der Waals surface area contributed by atoms with E-state index in [1.807, 2.05) is 0 Å². The molecule has 2 aliphatic carbocycles. The molecule has 0 aromatic heterocycles. The number of nitrogens with one attached hydrogen (secondary N) is 1. The highest BCUT2D eigenvalue weighted by Crippen LogP contribution is 2.43. The first-order valence-electron chi connectivity index (χ1n) is 8.22. The van der Waals surface area contributed by atoms with Crippen LogP contribution in [0.4, 0.5) is 0 Å². The highest BCUT2D eigenvalue weighted by molar-refractivity contribution is 5.35. The molecule has 0 bridgehead atoms. The van der Waals surface area contributed by atoms with E-state index in [2.05, 4.69) is 60.8 Å². The summed E-state index contributed by atoms with van der Waals surface area (Å²) in [6.07, 6.45) is 5.22. The monoisotopic (exact) mass is 277 g/mol. The van der Waals surface area contributed by atoms with Crippen molar-refractivity contribution in [2.24, 2.45) is 5.92 Å². The summed E-state index contributed by atoms with van der Waals surface area (Å²) >= 11 is 0. The third-order valence-electron chi connectivity index (χ3n) is 5.04. The lowest BCUT2D eigenvalue weighted by molar-refractivity contribution is 0.408. The second kappa shape index (κ2) is 5.31. The van der Waals surface area contributed by atoms with E-state index in [0.29, 0.717) is 12.1 Å². The van der Waals surface area contributed by atoms with Gasteiger partial charge < -0.3 is 5.32 Å². The van der Waals surface area contributed by atoms with Gasteiger partial charge in [-0.15, -0.1) is 0 Å². The number of fused-ring (bicyclic) bond motifs is 1. The highest BCUT2D eigenvalue weighted by atomic mass is 15.0. The number of hydrogen-bond acceptors (Lipinski definition) is 1. The van der Waals surface area contributed by atoms with Crippen molar-refractivity contribution in [3.8, 4) is 0 Å². The smallest absolute Gasteiger partial charge is 0.0354 e. The van der Waals surface area contributed by atoms with Crippen LogP contribution in [0.1, 0.15) is 53.6 Å². The van der Waals surface area contributed by atoms with Gasteiger partial charge in [-0.05, 0) is 55.2 Å². The van der Waals surface area contributed by atoms with E-state index in [0.717, 1.165) is 5.92 Å². The Labute approximate surface area is 127 Å². The van der Waals surface area contributed by atoms with Crippen LogP contribution < -0.4 is 5.32 Å². The highest BCUT2D eigenvalue weighted by Gasteiger charge is 2.35. The Bertz CT molecular complexity index is 625. The Morgan fingerprint density at radius 2 is 1.71 bits per heavy atom. The zero-order valence-corrected chi connectivity index (χ0v) is 12.7. The van der Waals surface area contributed by atoms with E-state index in [1.54, 1.807) is 0 Å². The summed E-state index contributed by atoms with van der Waals surface area (Å²) in [7, 11) is 0. The first-order valence-corrected chi connectivity index (χ1v) is 8.22. The molecule has 0 amide bonds. The third kappa shape index (κ3) is 2.63. The summed E-state index contributed by atoms with van der Waals surface area (Å²) in [6.45, 7) is 2.16. The molecule has 108 valence electrons. The predicted octanol–water partition coefficient (Wildman–Crippen LogP) is 4.72. The van der Waals surface area contributed by atoms with E-state index in [-0.39, 0.29) is 0 Å². The molecule has 2 aromatic rings. The van der Waals surface area contributed by atoms with Gasteiger partial charge in [0.05, 0.1) is 0 Å². The van der Waals surface area contributed by atoms with Gasteiger partial charge in [0.25, 0.3) is 0 Å². The predicted molar refractivity (Wildman–Crippen MR) is 87.3 cm³/mol. The second-order valence-electron chi connectivity index (χ2n) is 6.68. The molecular formula is C20H23N. The van der Waals surface area contributed by atoms with Crippen molar-refractivity contribution in [1.82, 2.24) is 5.32 Å². The minimum atomic E-state index is 0.529. The van der Waals surface area contributed by atoms with E-state index < -0.39 is 0 Å². The second-order valence-corrected chi connectivity index (χ2v) is 6.68. The van der Waals surface area contributed by atoms with Crippen molar-refractivity contribution >= 4 is 0 Å². The number of rotatable bonds is 4. The summed E-state index contributed by atoms with van der Waals surface area (Å²) in [5.41, 5.74) is 5.87.